The zero-order valence-corrected chi connectivity index (χ0v) is 10.5. The molecular weight excluding hydrogens is 254 g/mol. The summed E-state index contributed by atoms with van der Waals surface area (Å²) in [6.45, 7) is 0. The van der Waals surface area contributed by atoms with Crippen molar-refractivity contribution in [1.82, 2.24) is 0 Å². The molecule has 0 unspecified atom stereocenters. The molecular formula is C16H11NO3. The van der Waals surface area contributed by atoms with Gasteiger partial charge in [-0.15, -0.1) is 0 Å². The highest BCUT2D eigenvalue weighted by molar-refractivity contribution is 5.95. The van der Waals surface area contributed by atoms with Crippen molar-refractivity contribution >= 4 is 23.3 Å². The number of carbonyl (C=O) groups excluding carboxylic acids is 1. The molecule has 0 atom stereocenters. The minimum atomic E-state index is -0.452. The first-order valence-corrected chi connectivity index (χ1v) is 5.94. The van der Waals surface area contributed by atoms with Crippen molar-refractivity contribution in [2.75, 3.05) is 0 Å². The molecule has 0 heterocycles. The van der Waals surface area contributed by atoms with Crippen LogP contribution < -0.4 is 0 Å². The van der Waals surface area contributed by atoms with E-state index < -0.39 is 4.92 Å². The van der Waals surface area contributed by atoms with Crippen molar-refractivity contribution in [3.05, 3.63) is 81.9 Å². The van der Waals surface area contributed by atoms with E-state index in [0.29, 0.717) is 11.1 Å². The fourth-order valence-electron chi connectivity index (χ4n) is 1.77. The molecule has 0 saturated heterocycles. The summed E-state index contributed by atoms with van der Waals surface area (Å²) < 4.78 is 0. The maximum atomic E-state index is 11.0. The van der Waals surface area contributed by atoms with Gasteiger partial charge < -0.3 is 0 Å². The van der Waals surface area contributed by atoms with Gasteiger partial charge in [0.15, 0.2) is 0 Å². The van der Waals surface area contributed by atoms with E-state index in [9.17, 15) is 14.9 Å². The first-order valence-electron chi connectivity index (χ1n) is 5.94. The highest BCUT2D eigenvalue weighted by Crippen LogP contribution is 2.21. The van der Waals surface area contributed by atoms with Gasteiger partial charge in [0.1, 0.15) is 5.94 Å². The maximum absolute atomic E-state index is 11.0. The summed E-state index contributed by atoms with van der Waals surface area (Å²) in [7, 11) is 0. The average molecular weight is 265 g/mol. The molecule has 2 aromatic rings. The van der Waals surface area contributed by atoms with Crippen molar-refractivity contribution in [2.45, 2.75) is 0 Å². The number of nitrogens with zero attached hydrogens (tertiary/aromatic N) is 1. The largest absolute Gasteiger partial charge is 0.276 e. The number of benzene rings is 2. The lowest BCUT2D eigenvalue weighted by atomic mass is 10.1. The summed E-state index contributed by atoms with van der Waals surface area (Å²) in [6, 6.07) is 15.4. The lowest BCUT2D eigenvalue weighted by Gasteiger charge is -1.98. The van der Waals surface area contributed by atoms with Crippen LogP contribution in [0.15, 0.2) is 60.7 Å². The normalized spacial score (nSPS) is 10.2. The SMILES string of the molecule is O=C=C(/C=C/c1ccccc1[N+](=O)[O-])c1ccccc1. The number of nitro groups is 1. The number of allylic oxidation sites excluding steroid dienone is 2. The topological polar surface area (TPSA) is 60.2 Å². The van der Waals surface area contributed by atoms with Gasteiger partial charge >= 0.3 is 0 Å². The summed E-state index contributed by atoms with van der Waals surface area (Å²) in [5, 5.41) is 10.9. The van der Waals surface area contributed by atoms with Crippen molar-refractivity contribution in [2.24, 2.45) is 0 Å². The van der Waals surface area contributed by atoms with Gasteiger partial charge in [0.25, 0.3) is 5.69 Å². The highest BCUT2D eigenvalue weighted by atomic mass is 16.6. The van der Waals surface area contributed by atoms with Crippen LogP contribution in [0.4, 0.5) is 5.69 Å². The van der Waals surface area contributed by atoms with E-state index >= 15 is 0 Å². The quantitative estimate of drug-likeness (QED) is 0.368. The molecule has 2 aromatic carbocycles. The minimum absolute atomic E-state index is 0.00191. The third-order valence-electron chi connectivity index (χ3n) is 2.76. The third-order valence-corrected chi connectivity index (χ3v) is 2.76. The van der Waals surface area contributed by atoms with Crippen LogP contribution in [0.3, 0.4) is 0 Å². The first-order chi connectivity index (χ1) is 9.72. The number of rotatable bonds is 4. The molecule has 0 aromatic heterocycles. The van der Waals surface area contributed by atoms with Gasteiger partial charge in [-0.25, -0.2) is 4.79 Å². The second kappa shape index (κ2) is 6.27. The van der Waals surface area contributed by atoms with Gasteiger partial charge in [-0.2, -0.15) is 0 Å². The Balaban J connectivity index is 2.34. The second-order valence-electron chi connectivity index (χ2n) is 4.03. The molecule has 0 amide bonds. The molecule has 0 N–H and O–H groups in total. The lowest BCUT2D eigenvalue weighted by molar-refractivity contribution is -0.385. The van der Waals surface area contributed by atoms with E-state index in [1.165, 1.54) is 12.1 Å². The molecule has 20 heavy (non-hydrogen) atoms. The monoisotopic (exact) mass is 265 g/mol. The van der Waals surface area contributed by atoms with E-state index in [0.717, 1.165) is 5.56 Å². The van der Waals surface area contributed by atoms with Gasteiger partial charge in [0.05, 0.1) is 16.1 Å². The molecule has 0 spiro atoms. The Morgan fingerprint density at radius 1 is 1.05 bits per heavy atom. The molecule has 0 radical (unpaired) electrons. The van der Waals surface area contributed by atoms with Gasteiger partial charge in [-0.1, -0.05) is 42.5 Å². The predicted molar refractivity (Wildman–Crippen MR) is 77.7 cm³/mol. The first kappa shape index (κ1) is 13.5. The van der Waals surface area contributed by atoms with Crippen LogP contribution in [-0.2, 0) is 4.79 Å². The second-order valence-corrected chi connectivity index (χ2v) is 4.03. The van der Waals surface area contributed by atoms with E-state index in [1.807, 2.05) is 24.1 Å². The Kier molecular flexibility index (Phi) is 4.22. The summed E-state index contributed by atoms with van der Waals surface area (Å²) in [5.41, 5.74) is 1.52. The smallest absolute Gasteiger partial charge is 0.258 e. The van der Waals surface area contributed by atoms with Gasteiger partial charge in [-0.3, -0.25) is 10.1 Å². The summed E-state index contributed by atoms with van der Waals surface area (Å²) in [4.78, 5) is 21.4. The molecule has 0 aliphatic rings. The number of hydrogen-bond acceptors (Lipinski definition) is 3. The lowest BCUT2D eigenvalue weighted by Crippen LogP contribution is -1.90. The number of hydrogen-bond donors (Lipinski definition) is 0. The van der Waals surface area contributed by atoms with E-state index in [1.54, 1.807) is 36.4 Å². The predicted octanol–water partition coefficient (Wildman–Crippen LogP) is 3.52. The van der Waals surface area contributed by atoms with Crippen LogP contribution in [0.5, 0.6) is 0 Å². The van der Waals surface area contributed by atoms with Crippen LogP contribution in [0.25, 0.3) is 11.6 Å². The number of para-hydroxylation sites is 1. The van der Waals surface area contributed by atoms with Gasteiger partial charge in [-0.05, 0) is 23.8 Å². The zero-order chi connectivity index (χ0) is 14.4. The van der Waals surface area contributed by atoms with Crippen LogP contribution in [0.2, 0.25) is 0 Å². The fraction of sp³-hybridized carbons (Fsp3) is 0. The molecule has 4 nitrogen and oxygen atoms in total. The molecule has 98 valence electrons. The average Bonchev–Trinajstić information content (AvgIpc) is 2.49. The maximum Gasteiger partial charge on any atom is 0.276 e. The minimum Gasteiger partial charge on any atom is -0.258 e. The Morgan fingerprint density at radius 2 is 1.70 bits per heavy atom. The molecule has 0 fully saturated rings. The molecule has 0 saturated carbocycles. The summed E-state index contributed by atoms with van der Waals surface area (Å²) >= 11 is 0. The van der Waals surface area contributed by atoms with Crippen molar-refractivity contribution in [3.63, 3.8) is 0 Å². The Bertz CT molecular complexity index is 699. The van der Waals surface area contributed by atoms with Crippen molar-refractivity contribution < 1.29 is 9.72 Å². The van der Waals surface area contributed by atoms with Crippen LogP contribution in [0, 0.1) is 10.1 Å². The van der Waals surface area contributed by atoms with E-state index in [4.69, 9.17) is 0 Å². The summed E-state index contributed by atoms with van der Waals surface area (Å²) in [6.07, 6.45) is 3.08. The number of nitro benzene ring substituents is 1. The standard InChI is InChI=1S/C16H11NO3/c18-12-15(13-6-2-1-3-7-13)11-10-14-8-4-5-9-16(14)17(19)20/h1-11H/b11-10+. The van der Waals surface area contributed by atoms with Crippen LogP contribution in [-0.4, -0.2) is 10.9 Å². The summed E-state index contributed by atoms with van der Waals surface area (Å²) in [5.74, 6) is 1.85. The molecule has 0 aliphatic carbocycles. The van der Waals surface area contributed by atoms with Crippen molar-refractivity contribution in [1.29, 1.82) is 0 Å². The highest BCUT2D eigenvalue weighted by Gasteiger charge is 2.09. The molecule has 2 rings (SSSR count). The van der Waals surface area contributed by atoms with Crippen LogP contribution in [0.1, 0.15) is 11.1 Å². The van der Waals surface area contributed by atoms with Gasteiger partial charge in [0.2, 0.25) is 0 Å². The van der Waals surface area contributed by atoms with E-state index in [-0.39, 0.29) is 5.69 Å². The molecule has 0 aliphatic heterocycles. The Labute approximate surface area is 115 Å². The van der Waals surface area contributed by atoms with Crippen molar-refractivity contribution in [3.8, 4) is 0 Å². The molecule has 4 heteroatoms. The Hall–Kier alpha value is -2.97. The molecule has 0 bridgehead atoms. The van der Waals surface area contributed by atoms with Crippen LogP contribution >= 0.6 is 0 Å². The fourth-order valence-corrected chi connectivity index (χ4v) is 1.77. The van der Waals surface area contributed by atoms with E-state index in [2.05, 4.69) is 0 Å². The zero-order valence-electron chi connectivity index (χ0n) is 10.5. The van der Waals surface area contributed by atoms with Gasteiger partial charge in [0, 0.05) is 6.07 Å². The third kappa shape index (κ3) is 3.07. The Morgan fingerprint density at radius 3 is 2.35 bits per heavy atom.